The number of hydrogen-bond acceptors (Lipinski definition) is 4. The fourth-order valence-electron chi connectivity index (χ4n) is 3.48. The van der Waals surface area contributed by atoms with Gasteiger partial charge in [0.25, 0.3) is 0 Å². The summed E-state index contributed by atoms with van der Waals surface area (Å²) in [5.74, 6) is 1.57. The third-order valence-electron chi connectivity index (χ3n) is 4.96. The Morgan fingerprint density at radius 3 is 2.25 bits per heavy atom. The quantitative estimate of drug-likeness (QED) is 0.260. The number of nitrogens with zero attached hydrogens (tertiary/aromatic N) is 4. The first-order valence-corrected chi connectivity index (χ1v) is 11.6. The zero-order valence-corrected chi connectivity index (χ0v) is 18.8. The van der Waals surface area contributed by atoms with Crippen LogP contribution in [0.5, 0.6) is 11.5 Å². The highest BCUT2D eigenvalue weighted by Gasteiger charge is 2.21. The minimum Gasteiger partial charge on any atom is -0.457 e. The van der Waals surface area contributed by atoms with E-state index in [1.807, 2.05) is 101 Å². The van der Waals surface area contributed by atoms with E-state index in [4.69, 9.17) is 21.4 Å². The number of hydrogen-bond donors (Lipinski definition) is 0. The standard InChI is InChI=1S/C25H19ClN4OS/c1-32-25-24(29-16-15-27-17-29)23(30(28-25)20-11-9-19(26)10-12-20)18-7-13-22(14-8-18)31-21-5-3-2-4-6-21/h2-17H,1H3. The summed E-state index contributed by atoms with van der Waals surface area (Å²) in [4.78, 5) is 4.24. The van der Waals surface area contributed by atoms with Crippen LogP contribution in [0, 0.1) is 0 Å². The topological polar surface area (TPSA) is 44.9 Å². The average molecular weight is 459 g/mol. The maximum atomic E-state index is 6.12. The van der Waals surface area contributed by atoms with Crippen molar-refractivity contribution in [3.05, 3.63) is 103 Å². The lowest BCUT2D eigenvalue weighted by Gasteiger charge is -2.12. The van der Waals surface area contributed by atoms with Gasteiger partial charge in [-0.2, -0.15) is 5.10 Å². The molecule has 0 fully saturated rings. The molecule has 32 heavy (non-hydrogen) atoms. The molecule has 0 saturated carbocycles. The van der Waals surface area contributed by atoms with Crippen molar-refractivity contribution in [1.29, 1.82) is 0 Å². The number of ether oxygens (including phenoxy) is 1. The summed E-state index contributed by atoms with van der Waals surface area (Å²) in [7, 11) is 0. The summed E-state index contributed by atoms with van der Waals surface area (Å²) < 4.78 is 9.91. The van der Waals surface area contributed by atoms with Crippen molar-refractivity contribution in [2.45, 2.75) is 5.03 Å². The lowest BCUT2D eigenvalue weighted by Crippen LogP contribution is -2.01. The van der Waals surface area contributed by atoms with Gasteiger partial charge in [-0.05, 0) is 66.9 Å². The van der Waals surface area contributed by atoms with Crippen LogP contribution in [0.1, 0.15) is 0 Å². The van der Waals surface area contributed by atoms with E-state index in [0.717, 1.165) is 39.2 Å². The van der Waals surface area contributed by atoms with Crippen LogP contribution >= 0.6 is 23.4 Å². The fourth-order valence-corrected chi connectivity index (χ4v) is 4.17. The van der Waals surface area contributed by atoms with Crippen LogP contribution in [0.4, 0.5) is 0 Å². The van der Waals surface area contributed by atoms with Crippen molar-refractivity contribution < 1.29 is 4.74 Å². The maximum absolute atomic E-state index is 6.12. The van der Waals surface area contributed by atoms with Gasteiger partial charge >= 0.3 is 0 Å². The van der Waals surface area contributed by atoms with Crippen molar-refractivity contribution in [2.75, 3.05) is 6.26 Å². The molecular formula is C25H19ClN4OS. The second kappa shape index (κ2) is 8.94. The molecule has 158 valence electrons. The Kier molecular flexibility index (Phi) is 5.71. The highest BCUT2D eigenvalue weighted by Crippen LogP contribution is 2.37. The molecule has 0 aliphatic carbocycles. The SMILES string of the molecule is CSc1nn(-c2ccc(Cl)cc2)c(-c2ccc(Oc3ccccc3)cc2)c1-n1ccnc1. The van der Waals surface area contributed by atoms with E-state index in [2.05, 4.69) is 4.98 Å². The minimum atomic E-state index is 0.685. The first-order valence-electron chi connectivity index (χ1n) is 9.97. The molecule has 5 aromatic rings. The predicted octanol–water partition coefficient (Wildman–Crippen LogP) is 6.89. The summed E-state index contributed by atoms with van der Waals surface area (Å²) in [5.41, 5.74) is 3.87. The molecule has 0 N–H and O–H groups in total. The Morgan fingerprint density at radius 1 is 0.875 bits per heavy atom. The number of aromatic nitrogens is 4. The molecule has 0 amide bonds. The maximum Gasteiger partial charge on any atom is 0.143 e. The predicted molar refractivity (Wildman–Crippen MR) is 129 cm³/mol. The molecule has 0 spiro atoms. The van der Waals surface area contributed by atoms with Crippen LogP contribution in [0.15, 0.2) is 103 Å². The molecule has 0 atom stereocenters. The smallest absolute Gasteiger partial charge is 0.143 e. The molecule has 5 rings (SSSR count). The van der Waals surface area contributed by atoms with E-state index in [-0.39, 0.29) is 0 Å². The van der Waals surface area contributed by atoms with E-state index in [1.165, 1.54) is 0 Å². The average Bonchev–Trinajstić information content (AvgIpc) is 3.48. The number of thioether (sulfide) groups is 1. The largest absolute Gasteiger partial charge is 0.457 e. The van der Waals surface area contributed by atoms with Gasteiger partial charge in [0, 0.05) is 23.0 Å². The van der Waals surface area contributed by atoms with Crippen LogP contribution in [0.3, 0.4) is 0 Å². The number of rotatable bonds is 6. The Hall–Kier alpha value is -3.48. The van der Waals surface area contributed by atoms with Crippen molar-refractivity contribution in [3.8, 4) is 34.1 Å². The van der Waals surface area contributed by atoms with E-state index in [9.17, 15) is 0 Å². The summed E-state index contributed by atoms with van der Waals surface area (Å²) >= 11 is 7.72. The number of benzene rings is 3. The summed E-state index contributed by atoms with van der Waals surface area (Å²) in [6, 6.07) is 25.5. The third-order valence-corrected chi connectivity index (χ3v) is 5.88. The normalized spacial score (nSPS) is 10.9. The highest BCUT2D eigenvalue weighted by atomic mass is 35.5. The molecule has 0 unspecified atom stereocenters. The summed E-state index contributed by atoms with van der Waals surface area (Å²) in [5, 5.41) is 6.49. The number of halogens is 1. The van der Waals surface area contributed by atoms with Gasteiger partial charge in [0.15, 0.2) is 0 Å². The number of para-hydroxylation sites is 1. The van der Waals surface area contributed by atoms with Gasteiger partial charge in [-0.1, -0.05) is 29.8 Å². The van der Waals surface area contributed by atoms with Crippen molar-refractivity contribution in [1.82, 2.24) is 19.3 Å². The molecule has 0 bridgehead atoms. The molecule has 5 nitrogen and oxygen atoms in total. The van der Waals surface area contributed by atoms with Crippen molar-refractivity contribution >= 4 is 23.4 Å². The fraction of sp³-hybridized carbons (Fsp3) is 0.0400. The lowest BCUT2D eigenvalue weighted by atomic mass is 10.1. The number of imidazole rings is 1. The molecule has 0 aliphatic heterocycles. The first-order chi connectivity index (χ1) is 15.7. The first kappa shape index (κ1) is 20.4. The molecule has 2 heterocycles. The Bertz CT molecular complexity index is 1320. The van der Waals surface area contributed by atoms with Crippen LogP contribution in [0.2, 0.25) is 5.02 Å². The van der Waals surface area contributed by atoms with Gasteiger partial charge in [0.1, 0.15) is 22.2 Å². The summed E-state index contributed by atoms with van der Waals surface area (Å²) in [6.07, 6.45) is 7.51. The molecule has 7 heteroatoms. The van der Waals surface area contributed by atoms with Gasteiger partial charge < -0.3 is 9.30 Å². The monoisotopic (exact) mass is 458 g/mol. The molecule has 0 aliphatic rings. The van der Waals surface area contributed by atoms with Gasteiger partial charge in [0.2, 0.25) is 0 Å². The Labute approximate surface area is 195 Å². The van der Waals surface area contributed by atoms with E-state index in [1.54, 1.807) is 24.3 Å². The van der Waals surface area contributed by atoms with Crippen molar-refractivity contribution in [2.24, 2.45) is 0 Å². The third kappa shape index (κ3) is 4.02. The van der Waals surface area contributed by atoms with E-state index in [0.29, 0.717) is 5.02 Å². The Balaban J connectivity index is 1.63. The van der Waals surface area contributed by atoms with Crippen LogP contribution in [-0.4, -0.2) is 25.6 Å². The zero-order chi connectivity index (χ0) is 21.9. The molecule has 0 radical (unpaired) electrons. The zero-order valence-electron chi connectivity index (χ0n) is 17.2. The second-order valence-electron chi connectivity index (χ2n) is 7.00. The lowest BCUT2D eigenvalue weighted by molar-refractivity contribution is 0.483. The van der Waals surface area contributed by atoms with Crippen molar-refractivity contribution in [3.63, 3.8) is 0 Å². The van der Waals surface area contributed by atoms with Gasteiger partial charge in [-0.3, -0.25) is 0 Å². The minimum absolute atomic E-state index is 0.685. The molecule has 3 aromatic carbocycles. The van der Waals surface area contributed by atoms with Crippen LogP contribution in [0.25, 0.3) is 22.6 Å². The Morgan fingerprint density at radius 2 is 1.59 bits per heavy atom. The molecular weight excluding hydrogens is 440 g/mol. The second-order valence-corrected chi connectivity index (χ2v) is 8.24. The highest BCUT2D eigenvalue weighted by molar-refractivity contribution is 7.98. The van der Waals surface area contributed by atoms with E-state index < -0.39 is 0 Å². The summed E-state index contributed by atoms with van der Waals surface area (Å²) in [6.45, 7) is 0. The van der Waals surface area contributed by atoms with Gasteiger partial charge in [-0.15, -0.1) is 11.8 Å². The van der Waals surface area contributed by atoms with Crippen LogP contribution in [-0.2, 0) is 0 Å². The van der Waals surface area contributed by atoms with Gasteiger partial charge in [0.05, 0.1) is 17.7 Å². The van der Waals surface area contributed by atoms with Crippen LogP contribution < -0.4 is 4.74 Å². The van der Waals surface area contributed by atoms with Gasteiger partial charge in [-0.25, -0.2) is 9.67 Å². The molecule has 0 saturated heterocycles. The molecule has 2 aromatic heterocycles. The van der Waals surface area contributed by atoms with E-state index >= 15 is 0 Å².